The third-order valence-electron chi connectivity index (χ3n) is 3.75. The average molecular weight is 356 g/mol. The van der Waals surface area contributed by atoms with Crippen LogP contribution in [0.5, 0.6) is 5.88 Å². The Morgan fingerprint density at radius 3 is 2.96 bits per heavy atom. The van der Waals surface area contributed by atoms with Gasteiger partial charge in [-0.2, -0.15) is 13.2 Å². The highest BCUT2D eigenvalue weighted by Gasteiger charge is 2.32. The van der Waals surface area contributed by atoms with E-state index in [0.29, 0.717) is 25.9 Å². The summed E-state index contributed by atoms with van der Waals surface area (Å²) in [5, 5.41) is 1.91. The van der Waals surface area contributed by atoms with Gasteiger partial charge in [0.2, 0.25) is 11.8 Å². The maximum absolute atomic E-state index is 12.7. The molecule has 3 rings (SSSR count). The molecular weight excluding hydrogens is 341 g/mol. The summed E-state index contributed by atoms with van der Waals surface area (Å²) in [6.07, 6.45) is -2.78. The van der Waals surface area contributed by atoms with Crippen LogP contribution in [0.25, 0.3) is 0 Å². The Morgan fingerprint density at radius 1 is 1.42 bits per heavy atom. The monoisotopic (exact) mass is 356 g/mol. The van der Waals surface area contributed by atoms with Gasteiger partial charge >= 0.3 is 6.18 Å². The first-order chi connectivity index (χ1) is 11.4. The Balaban J connectivity index is 1.57. The van der Waals surface area contributed by atoms with E-state index in [0.717, 1.165) is 23.2 Å². The van der Waals surface area contributed by atoms with Crippen molar-refractivity contribution >= 4 is 17.2 Å². The van der Waals surface area contributed by atoms with Crippen molar-refractivity contribution < 1.29 is 22.7 Å². The molecule has 1 amide bonds. The number of ether oxygens (including phenoxy) is 1. The Bertz CT molecular complexity index is 704. The van der Waals surface area contributed by atoms with Crippen LogP contribution >= 0.6 is 11.3 Å². The van der Waals surface area contributed by atoms with Crippen LogP contribution in [0, 0.1) is 0 Å². The summed E-state index contributed by atoms with van der Waals surface area (Å²) in [5.41, 5.74) is -0.795. The highest BCUT2D eigenvalue weighted by molar-refractivity contribution is 7.10. The number of halogens is 3. The van der Waals surface area contributed by atoms with Gasteiger partial charge in [0, 0.05) is 30.1 Å². The Hall–Kier alpha value is -2.09. The van der Waals surface area contributed by atoms with Crippen LogP contribution in [0.4, 0.5) is 13.2 Å². The lowest BCUT2D eigenvalue weighted by atomic mass is 10.2. The van der Waals surface area contributed by atoms with Crippen molar-refractivity contribution in [1.29, 1.82) is 0 Å². The zero-order chi connectivity index (χ0) is 17.2. The molecule has 0 spiro atoms. The Kier molecular flexibility index (Phi) is 4.75. The molecule has 0 aromatic carbocycles. The van der Waals surface area contributed by atoms with E-state index in [9.17, 15) is 18.0 Å². The van der Waals surface area contributed by atoms with Crippen LogP contribution in [0.3, 0.4) is 0 Å². The summed E-state index contributed by atoms with van der Waals surface area (Å²) in [7, 11) is 0. The molecule has 0 saturated carbocycles. The number of rotatable bonds is 4. The fraction of sp³-hybridized carbons (Fsp3) is 0.375. The molecule has 2 aromatic rings. The molecule has 0 aliphatic carbocycles. The van der Waals surface area contributed by atoms with Crippen molar-refractivity contribution in [2.45, 2.75) is 25.1 Å². The van der Waals surface area contributed by atoms with Gasteiger partial charge in [-0.1, -0.05) is 6.07 Å². The minimum absolute atomic E-state index is 0.000511. The van der Waals surface area contributed by atoms with E-state index in [-0.39, 0.29) is 17.9 Å². The molecule has 1 aliphatic heterocycles. The molecule has 3 heterocycles. The van der Waals surface area contributed by atoms with Gasteiger partial charge in [0.1, 0.15) is 6.10 Å². The number of carbonyl (C=O) groups is 1. The molecule has 1 saturated heterocycles. The van der Waals surface area contributed by atoms with E-state index in [1.807, 2.05) is 17.5 Å². The normalized spacial score (nSPS) is 18.0. The number of carbonyl (C=O) groups excluding carboxylic acids is 1. The number of pyridine rings is 1. The van der Waals surface area contributed by atoms with Crippen molar-refractivity contribution in [1.82, 2.24) is 9.88 Å². The Morgan fingerprint density at radius 2 is 2.25 bits per heavy atom. The SMILES string of the molecule is O=C(Cc1cccs1)N1CC[C@H](Oc2cc(C(F)(F)F)ccn2)C1. The second-order valence-electron chi connectivity index (χ2n) is 5.50. The molecule has 2 aromatic heterocycles. The number of alkyl halides is 3. The minimum Gasteiger partial charge on any atom is -0.472 e. The van der Waals surface area contributed by atoms with Gasteiger partial charge in [0.05, 0.1) is 18.5 Å². The molecule has 1 aliphatic rings. The van der Waals surface area contributed by atoms with Gasteiger partial charge in [-0.3, -0.25) is 4.79 Å². The van der Waals surface area contributed by atoms with Crippen LogP contribution in [0.15, 0.2) is 35.8 Å². The van der Waals surface area contributed by atoms with E-state index in [1.54, 1.807) is 4.90 Å². The molecule has 24 heavy (non-hydrogen) atoms. The lowest BCUT2D eigenvalue weighted by Crippen LogP contribution is -2.32. The summed E-state index contributed by atoms with van der Waals surface area (Å²) in [6, 6.07) is 5.58. The number of aromatic nitrogens is 1. The maximum atomic E-state index is 12.7. The standard InChI is InChI=1S/C16H15F3N2O2S/c17-16(18,19)11-3-5-20-14(8-11)23-12-4-6-21(10-12)15(22)9-13-2-1-7-24-13/h1-3,5,7-8,12H,4,6,9-10H2/t12-/m0/s1. The lowest BCUT2D eigenvalue weighted by Gasteiger charge is -2.17. The largest absolute Gasteiger partial charge is 0.472 e. The lowest BCUT2D eigenvalue weighted by molar-refractivity contribution is -0.137. The molecule has 0 radical (unpaired) electrons. The topological polar surface area (TPSA) is 42.4 Å². The second kappa shape index (κ2) is 6.80. The predicted molar refractivity (Wildman–Crippen MR) is 82.9 cm³/mol. The van der Waals surface area contributed by atoms with Crippen molar-refractivity contribution in [2.75, 3.05) is 13.1 Å². The van der Waals surface area contributed by atoms with Crippen molar-refractivity contribution in [2.24, 2.45) is 0 Å². The molecule has 8 heteroatoms. The molecule has 128 valence electrons. The molecule has 1 atom stereocenters. The zero-order valence-electron chi connectivity index (χ0n) is 12.6. The number of hydrogen-bond donors (Lipinski definition) is 0. The van der Waals surface area contributed by atoms with E-state index >= 15 is 0 Å². The predicted octanol–water partition coefficient (Wildman–Crippen LogP) is 3.38. The average Bonchev–Trinajstić information content (AvgIpc) is 3.18. The quantitative estimate of drug-likeness (QED) is 0.843. The van der Waals surface area contributed by atoms with E-state index in [2.05, 4.69) is 4.98 Å². The molecule has 0 unspecified atom stereocenters. The van der Waals surface area contributed by atoms with Gasteiger partial charge in [-0.25, -0.2) is 4.98 Å². The molecule has 0 N–H and O–H groups in total. The summed E-state index contributed by atoms with van der Waals surface area (Å²) < 4.78 is 43.6. The highest BCUT2D eigenvalue weighted by atomic mass is 32.1. The first-order valence-corrected chi connectivity index (χ1v) is 8.30. The molecule has 0 bridgehead atoms. The van der Waals surface area contributed by atoms with Crippen LogP contribution in [0.1, 0.15) is 16.9 Å². The van der Waals surface area contributed by atoms with E-state index < -0.39 is 11.7 Å². The van der Waals surface area contributed by atoms with Crippen LogP contribution < -0.4 is 4.74 Å². The fourth-order valence-electron chi connectivity index (χ4n) is 2.55. The smallest absolute Gasteiger partial charge is 0.416 e. The number of likely N-dealkylation sites (tertiary alicyclic amines) is 1. The second-order valence-corrected chi connectivity index (χ2v) is 6.54. The van der Waals surface area contributed by atoms with Gasteiger partial charge < -0.3 is 9.64 Å². The summed E-state index contributed by atoms with van der Waals surface area (Å²) in [6.45, 7) is 0.899. The number of amides is 1. The number of hydrogen-bond acceptors (Lipinski definition) is 4. The first kappa shape index (κ1) is 16.8. The minimum atomic E-state index is -4.43. The number of nitrogens with zero attached hydrogens (tertiary/aromatic N) is 2. The van der Waals surface area contributed by atoms with Gasteiger partial charge in [0.25, 0.3) is 0 Å². The summed E-state index contributed by atoms with van der Waals surface area (Å²) >= 11 is 1.52. The molecule has 4 nitrogen and oxygen atoms in total. The fourth-order valence-corrected chi connectivity index (χ4v) is 3.24. The van der Waals surface area contributed by atoms with Gasteiger partial charge in [-0.15, -0.1) is 11.3 Å². The van der Waals surface area contributed by atoms with Crippen LogP contribution in [0.2, 0.25) is 0 Å². The van der Waals surface area contributed by atoms with Crippen molar-refractivity contribution in [3.8, 4) is 5.88 Å². The maximum Gasteiger partial charge on any atom is 0.416 e. The van der Waals surface area contributed by atoms with E-state index in [1.165, 1.54) is 11.3 Å². The molecular formula is C16H15F3N2O2S. The summed E-state index contributed by atoms with van der Waals surface area (Å²) in [5.74, 6) is -0.0667. The van der Waals surface area contributed by atoms with Crippen molar-refractivity contribution in [3.05, 3.63) is 46.3 Å². The van der Waals surface area contributed by atoms with Gasteiger partial charge in [-0.05, 0) is 17.5 Å². The highest BCUT2D eigenvalue weighted by Crippen LogP contribution is 2.31. The third kappa shape index (κ3) is 4.05. The van der Waals surface area contributed by atoms with Crippen LogP contribution in [-0.2, 0) is 17.4 Å². The molecule has 1 fully saturated rings. The zero-order valence-corrected chi connectivity index (χ0v) is 13.4. The Labute approximate surface area is 140 Å². The third-order valence-corrected chi connectivity index (χ3v) is 4.63. The van der Waals surface area contributed by atoms with Crippen LogP contribution in [-0.4, -0.2) is 35.0 Å². The van der Waals surface area contributed by atoms with Gasteiger partial charge in [0.15, 0.2) is 0 Å². The van der Waals surface area contributed by atoms with E-state index in [4.69, 9.17) is 4.74 Å². The first-order valence-electron chi connectivity index (χ1n) is 7.42. The number of thiophene rings is 1. The van der Waals surface area contributed by atoms with Crippen molar-refractivity contribution in [3.63, 3.8) is 0 Å². The summed E-state index contributed by atoms with van der Waals surface area (Å²) in [4.78, 5) is 18.7.